The summed E-state index contributed by atoms with van der Waals surface area (Å²) >= 11 is 1.53. The molecule has 2 amide bonds. The molecule has 244 valence electrons. The van der Waals surface area contributed by atoms with E-state index in [-0.39, 0.29) is 28.2 Å². The highest BCUT2D eigenvalue weighted by molar-refractivity contribution is 7.98. The molecule has 7 nitrogen and oxygen atoms in total. The highest BCUT2D eigenvalue weighted by atomic mass is 32.2. The number of halogens is 3. The van der Waals surface area contributed by atoms with Crippen LogP contribution in [-0.2, 0) is 20.8 Å². The molecule has 3 rings (SSSR count). The van der Waals surface area contributed by atoms with Gasteiger partial charge in [0.05, 0.1) is 22.8 Å². The van der Waals surface area contributed by atoms with Crippen LogP contribution in [0.25, 0.3) is 0 Å². The van der Waals surface area contributed by atoms with Gasteiger partial charge in [-0.2, -0.15) is 13.2 Å². The monoisotopic (exact) mass is 655 g/mol. The zero-order valence-corrected chi connectivity index (χ0v) is 27.3. The summed E-state index contributed by atoms with van der Waals surface area (Å²) in [7, 11) is -3.66. The topological polar surface area (TPSA) is 95.6 Å². The van der Waals surface area contributed by atoms with E-state index >= 15 is 0 Å². The summed E-state index contributed by atoms with van der Waals surface area (Å²) in [4.78, 5) is 29.1. The van der Waals surface area contributed by atoms with Gasteiger partial charge >= 0.3 is 6.18 Å². The Morgan fingerprint density at radius 3 is 2.25 bits per heavy atom. The molecule has 2 aromatic carbocycles. The van der Waals surface area contributed by atoms with Gasteiger partial charge in [0.1, 0.15) is 0 Å². The summed E-state index contributed by atoms with van der Waals surface area (Å²) in [5.74, 6) is -1.80. The average molecular weight is 656 g/mol. The number of alkyl halides is 3. The van der Waals surface area contributed by atoms with Crippen molar-refractivity contribution in [2.75, 3.05) is 31.6 Å². The molecule has 0 bridgehead atoms. The highest BCUT2D eigenvalue weighted by Crippen LogP contribution is 2.32. The Bertz CT molecular complexity index is 1330. The van der Waals surface area contributed by atoms with Crippen LogP contribution in [0.15, 0.2) is 58.3 Å². The highest BCUT2D eigenvalue weighted by Gasteiger charge is 2.37. The van der Waals surface area contributed by atoms with Crippen LogP contribution in [-0.4, -0.2) is 68.9 Å². The summed E-state index contributed by atoms with van der Waals surface area (Å²) in [5, 5.41) is 5.32. The van der Waals surface area contributed by atoms with E-state index in [1.165, 1.54) is 17.8 Å². The maximum absolute atomic E-state index is 13.6. The van der Waals surface area contributed by atoms with Crippen LogP contribution in [0, 0.1) is 5.92 Å². The first kappa shape index (κ1) is 35.9. The smallest absolute Gasteiger partial charge is 0.352 e. The molecule has 0 aliphatic heterocycles. The van der Waals surface area contributed by atoms with Crippen molar-refractivity contribution in [3.8, 4) is 0 Å². The van der Waals surface area contributed by atoms with Gasteiger partial charge in [0.25, 0.3) is 5.91 Å². The summed E-state index contributed by atoms with van der Waals surface area (Å²) < 4.78 is 66.3. The molecule has 0 aromatic heterocycles. The first-order chi connectivity index (χ1) is 20.9. The van der Waals surface area contributed by atoms with Crippen LogP contribution < -0.4 is 10.6 Å². The molecular weight excluding hydrogens is 611 g/mol. The van der Waals surface area contributed by atoms with Gasteiger partial charge in [-0.25, -0.2) is 8.42 Å². The molecule has 1 fully saturated rings. The van der Waals surface area contributed by atoms with Crippen LogP contribution in [0.3, 0.4) is 0 Å². The van der Waals surface area contributed by atoms with Gasteiger partial charge in [0.15, 0.2) is 9.84 Å². The average Bonchev–Trinajstić information content (AvgIpc) is 3.00. The lowest BCUT2D eigenvalue weighted by Gasteiger charge is -2.41. The molecule has 0 heterocycles. The zero-order chi connectivity index (χ0) is 32.3. The summed E-state index contributed by atoms with van der Waals surface area (Å²) in [6.07, 6.45) is 3.54. The molecule has 0 spiro atoms. The standard InChI is InChI=1S/C32H44F3N3O4S2/c1-4-6-17-38(18-7-5-2)26-11-16-29(24(20-26)22-44(41,42)28-14-12-27(43-3)13-15-28)37-30(39)21-36-31(40)23-9-8-10-25(19-23)32(33,34)35/h8-10,12-15,19,24,26,29H,4-7,11,16-18,20-22H2,1-3H3,(H,36,40)(H,37,39)/t24-,26+,29?/m1/s1. The Hall–Kier alpha value is -2.57. The molecule has 3 atom stereocenters. The minimum absolute atomic E-state index is 0.126. The second kappa shape index (κ2) is 16.7. The second-order valence-corrected chi connectivity index (χ2v) is 14.3. The van der Waals surface area contributed by atoms with E-state index in [0.29, 0.717) is 12.8 Å². The van der Waals surface area contributed by atoms with Crippen LogP contribution in [0.2, 0.25) is 0 Å². The number of carbonyl (C=O) groups excluding carboxylic acids is 2. The SMILES string of the molecule is CCCCN(CCCC)[C@H]1CCC(NC(=O)CNC(=O)c2cccc(C(F)(F)F)c2)[C@@H](CS(=O)(=O)c2ccc(SC)cc2)C1. The van der Waals surface area contributed by atoms with Gasteiger partial charge in [-0.15, -0.1) is 11.8 Å². The van der Waals surface area contributed by atoms with Crippen LogP contribution in [0.5, 0.6) is 0 Å². The van der Waals surface area contributed by atoms with E-state index in [4.69, 9.17) is 0 Å². The second-order valence-electron chi connectivity index (χ2n) is 11.4. The fourth-order valence-electron chi connectivity index (χ4n) is 5.66. The van der Waals surface area contributed by atoms with Crippen molar-refractivity contribution in [3.05, 3.63) is 59.7 Å². The van der Waals surface area contributed by atoms with Gasteiger partial charge in [-0.1, -0.05) is 32.8 Å². The predicted molar refractivity (Wildman–Crippen MR) is 169 cm³/mol. The van der Waals surface area contributed by atoms with E-state index in [9.17, 15) is 31.2 Å². The summed E-state index contributed by atoms with van der Waals surface area (Å²) in [5.41, 5.74) is -1.16. The molecule has 1 aliphatic rings. The molecule has 2 N–H and O–H groups in total. The minimum atomic E-state index is -4.60. The third-order valence-corrected chi connectivity index (χ3v) is 10.7. The maximum Gasteiger partial charge on any atom is 0.416 e. The Labute approximate surface area is 263 Å². The molecule has 1 aliphatic carbocycles. The van der Waals surface area contributed by atoms with E-state index < -0.39 is 46.0 Å². The van der Waals surface area contributed by atoms with Crippen LogP contribution in [0.4, 0.5) is 13.2 Å². The number of nitrogens with one attached hydrogen (secondary N) is 2. The van der Waals surface area contributed by atoms with Crippen molar-refractivity contribution in [2.45, 2.75) is 86.8 Å². The lowest BCUT2D eigenvalue weighted by atomic mass is 9.81. The Balaban J connectivity index is 1.74. The number of rotatable bonds is 15. The molecule has 0 saturated heterocycles. The molecule has 2 aromatic rings. The van der Waals surface area contributed by atoms with Crippen molar-refractivity contribution < 1.29 is 31.2 Å². The number of sulfone groups is 1. The number of hydrogen-bond donors (Lipinski definition) is 2. The number of thioether (sulfide) groups is 1. The lowest BCUT2D eigenvalue weighted by molar-refractivity contribution is -0.137. The number of unbranched alkanes of at least 4 members (excludes halogenated alkanes) is 2. The molecule has 44 heavy (non-hydrogen) atoms. The first-order valence-electron chi connectivity index (χ1n) is 15.2. The van der Waals surface area contributed by atoms with Crippen molar-refractivity contribution >= 4 is 33.4 Å². The number of carbonyl (C=O) groups is 2. The fourth-order valence-corrected chi connectivity index (χ4v) is 7.75. The van der Waals surface area contributed by atoms with Crippen molar-refractivity contribution in [3.63, 3.8) is 0 Å². The largest absolute Gasteiger partial charge is 0.416 e. The quantitative estimate of drug-likeness (QED) is 0.223. The van der Waals surface area contributed by atoms with Crippen LogP contribution in [0.1, 0.15) is 74.7 Å². The summed E-state index contributed by atoms with van der Waals surface area (Å²) in [6.45, 7) is 5.73. The lowest BCUT2D eigenvalue weighted by Crippen LogP contribution is -2.52. The third kappa shape index (κ3) is 10.5. The van der Waals surface area contributed by atoms with E-state index in [0.717, 1.165) is 68.3 Å². The Morgan fingerprint density at radius 1 is 1.00 bits per heavy atom. The summed E-state index contributed by atoms with van der Waals surface area (Å²) in [6, 6.07) is 10.6. The Morgan fingerprint density at radius 2 is 1.66 bits per heavy atom. The zero-order valence-electron chi connectivity index (χ0n) is 25.7. The molecule has 0 radical (unpaired) electrons. The molecule has 1 saturated carbocycles. The fraction of sp³-hybridized carbons (Fsp3) is 0.562. The molecule has 12 heteroatoms. The molecular formula is C32H44F3N3O4S2. The van der Waals surface area contributed by atoms with Gasteiger partial charge < -0.3 is 15.5 Å². The van der Waals surface area contributed by atoms with Gasteiger partial charge in [-0.05, 0) is 99.8 Å². The normalized spacial score (nSPS) is 19.1. The van der Waals surface area contributed by atoms with Crippen molar-refractivity contribution in [1.82, 2.24) is 15.5 Å². The van der Waals surface area contributed by atoms with Gasteiger partial charge in [0.2, 0.25) is 5.91 Å². The van der Waals surface area contributed by atoms with Gasteiger partial charge in [0, 0.05) is 22.5 Å². The number of amides is 2. The van der Waals surface area contributed by atoms with Crippen molar-refractivity contribution in [1.29, 1.82) is 0 Å². The van der Waals surface area contributed by atoms with E-state index in [1.807, 2.05) is 6.26 Å². The molecule has 1 unspecified atom stereocenters. The number of hydrogen-bond acceptors (Lipinski definition) is 6. The van der Waals surface area contributed by atoms with E-state index in [1.54, 1.807) is 24.3 Å². The first-order valence-corrected chi connectivity index (χ1v) is 18.1. The van der Waals surface area contributed by atoms with Crippen molar-refractivity contribution in [2.24, 2.45) is 5.92 Å². The number of benzene rings is 2. The predicted octanol–water partition coefficient (Wildman–Crippen LogP) is 6.19. The minimum Gasteiger partial charge on any atom is -0.352 e. The van der Waals surface area contributed by atoms with Gasteiger partial charge in [-0.3, -0.25) is 9.59 Å². The third-order valence-electron chi connectivity index (χ3n) is 8.13. The number of nitrogens with zero attached hydrogens (tertiary/aromatic N) is 1. The van der Waals surface area contributed by atoms with Crippen LogP contribution >= 0.6 is 11.8 Å². The van der Waals surface area contributed by atoms with E-state index in [2.05, 4.69) is 29.4 Å². The Kier molecular flexibility index (Phi) is 13.6. The maximum atomic E-state index is 13.6.